The number of hydrogen-bond acceptors (Lipinski definition) is 4. The molecule has 4 heteroatoms. The molecule has 82 valence electrons. The van der Waals surface area contributed by atoms with Gasteiger partial charge in [-0.05, 0) is 12.1 Å². The van der Waals surface area contributed by atoms with E-state index in [2.05, 4.69) is 33.3 Å². The SMILES string of the molecule is CN(c1ncnc2ccccc12)C1CNC1. The number of aromatic nitrogens is 2. The third kappa shape index (κ3) is 1.42. The van der Waals surface area contributed by atoms with Crippen LogP contribution >= 0.6 is 0 Å². The summed E-state index contributed by atoms with van der Waals surface area (Å²) >= 11 is 0. The van der Waals surface area contributed by atoms with Crippen LogP contribution in [0.25, 0.3) is 10.9 Å². The Morgan fingerprint density at radius 2 is 2.06 bits per heavy atom. The fourth-order valence-electron chi connectivity index (χ4n) is 1.99. The van der Waals surface area contributed by atoms with Crippen LogP contribution in [0.15, 0.2) is 30.6 Å². The van der Waals surface area contributed by atoms with Gasteiger partial charge in [0.25, 0.3) is 0 Å². The predicted octanol–water partition coefficient (Wildman–Crippen LogP) is 1.04. The van der Waals surface area contributed by atoms with E-state index in [1.54, 1.807) is 6.33 Å². The summed E-state index contributed by atoms with van der Waals surface area (Å²) in [5.74, 6) is 1.03. The molecule has 0 unspecified atom stereocenters. The second kappa shape index (κ2) is 3.72. The van der Waals surface area contributed by atoms with E-state index >= 15 is 0 Å². The first-order chi connectivity index (χ1) is 7.86. The first-order valence-electron chi connectivity index (χ1n) is 5.49. The Bertz CT molecular complexity index is 502. The summed E-state index contributed by atoms with van der Waals surface area (Å²) < 4.78 is 0. The predicted molar refractivity (Wildman–Crippen MR) is 64.6 cm³/mol. The minimum atomic E-state index is 0.554. The molecule has 0 atom stereocenters. The molecule has 1 saturated heterocycles. The Morgan fingerprint density at radius 3 is 2.81 bits per heavy atom. The van der Waals surface area contributed by atoms with E-state index in [1.165, 1.54) is 0 Å². The maximum Gasteiger partial charge on any atom is 0.139 e. The molecule has 2 heterocycles. The molecule has 1 fully saturated rings. The van der Waals surface area contributed by atoms with Crippen molar-refractivity contribution >= 4 is 16.7 Å². The summed E-state index contributed by atoms with van der Waals surface area (Å²) in [5, 5.41) is 4.40. The van der Waals surface area contributed by atoms with E-state index in [-0.39, 0.29) is 0 Å². The van der Waals surface area contributed by atoms with Gasteiger partial charge in [-0.1, -0.05) is 12.1 Å². The Balaban J connectivity index is 2.08. The van der Waals surface area contributed by atoms with E-state index in [0.29, 0.717) is 6.04 Å². The quantitative estimate of drug-likeness (QED) is 0.811. The third-order valence-electron chi connectivity index (χ3n) is 3.16. The number of benzene rings is 1. The molecule has 1 N–H and O–H groups in total. The van der Waals surface area contributed by atoms with Crippen LogP contribution in [0.1, 0.15) is 0 Å². The number of anilines is 1. The summed E-state index contributed by atoms with van der Waals surface area (Å²) in [6, 6.07) is 8.69. The van der Waals surface area contributed by atoms with Gasteiger partial charge in [0.15, 0.2) is 0 Å². The number of nitrogens with zero attached hydrogens (tertiary/aromatic N) is 3. The normalized spacial score (nSPS) is 16.1. The molecule has 0 radical (unpaired) electrons. The van der Waals surface area contributed by atoms with Gasteiger partial charge in [-0.2, -0.15) is 0 Å². The van der Waals surface area contributed by atoms with Gasteiger partial charge in [-0.15, -0.1) is 0 Å². The fourth-order valence-corrected chi connectivity index (χ4v) is 1.99. The fraction of sp³-hybridized carbons (Fsp3) is 0.333. The molecule has 0 saturated carbocycles. The van der Waals surface area contributed by atoms with E-state index < -0.39 is 0 Å². The molecule has 0 bridgehead atoms. The van der Waals surface area contributed by atoms with Crippen molar-refractivity contribution in [1.29, 1.82) is 0 Å². The lowest BCUT2D eigenvalue weighted by molar-refractivity contribution is 0.427. The third-order valence-corrected chi connectivity index (χ3v) is 3.16. The van der Waals surface area contributed by atoms with Crippen LogP contribution in [0, 0.1) is 0 Å². The molecule has 0 amide bonds. The molecule has 1 aliphatic rings. The van der Waals surface area contributed by atoms with Crippen LogP contribution in [0.2, 0.25) is 0 Å². The van der Waals surface area contributed by atoms with Crippen LogP contribution in [-0.2, 0) is 0 Å². The highest BCUT2D eigenvalue weighted by atomic mass is 15.3. The van der Waals surface area contributed by atoms with Crippen molar-refractivity contribution in [2.45, 2.75) is 6.04 Å². The van der Waals surface area contributed by atoms with Crippen molar-refractivity contribution in [2.75, 3.05) is 25.0 Å². The lowest BCUT2D eigenvalue weighted by Gasteiger charge is -2.36. The molecule has 0 aliphatic carbocycles. The molecule has 1 aromatic heterocycles. The Labute approximate surface area is 94.3 Å². The largest absolute Gasteiger partial charge is 0.354 e. The summed E-state index contributed by atoms with van der Waals surface area (Å²) in [6.45, 7) is 2.07. The van der Waals surface area contributed by atoms with Crippen molar-refractivity contribution < 1.29 is 0 Å². The standard InChI is InChI=1S/C12H14N4/c1-16(9-6-13-7-9)12-10-4-2-3-5-11(10)14-8-15-12/h2-5,8-9,13H,6-7H2,1H3. The lowest BCUT2D eigenvalue weighted by atomic mass is 10.1. The first kappa shape index (κ1) is 9.54. The maximum absolute atomic E-state index is 4.40. The average Bonchev–Trinajstić information content (AvgIpc) is 2.26. The van der Waals surface area contributed by atoms with Gasteiger partial charge in [0, 0.05) is 25.5 Å². The second-order valence-electron chi connectivity index (χ2n) is 4.14. The number of rotatable bonds is 2. The van der Waals surface area contributed by atoms with E-state index in [4.69, 9.17) is 0 Å². The van der Waals surface area contributed by atoms with Gasteiger partial charge in [-0.25, -0.2) is 9.97 Å². The monoisotopic (exact) mass is 214 g/mol. The molecule has 2 aromatic rings. The zero-order valence-corrected chi connectivity index (χ0v) is 9.22. The van der Waals surface area contributed by atoms with Gasteiger partial charge < -0.3 is 10.2 Å². The molecule has 0 spiro atoms. The van der Waals surface area contributed by atoms with Crippen LogP contribution in [-0.4, -0.2) is 36.1 Å². The van der Waals surface area contributed by atoms with Gasteiger partial charge in [0.05, 0.1) is 11.6 Å². The summed E-state index contributed by atoms with van der Waals surface area (Å²) in [7, 11) is 2.10. The topological polar surface area (TPSA) is 41.1 Å². The minimum Gasteiger partial charge on any atom is -0.354 e. The van der Waals surface area contributed by atoms with E-state index in [0.717, 1.165) is 29.8 Å². The zero-order valence-electron chi connectivity index (χ0n) is 9.22. The zero-order chi connectivity index (χ0) is 11.0. The number of hydrogen-bond donors (Lipinski definition) is 1. The van der Waals surface area contributed by atoms with Gasteiger partial charge >= 0.3 is 0 Å². The number of likely N-dealkylation sites (N-methyl/N-ethyl adjacent to an activating group) is 1. The van der Waals surface area contributed by atoms with Crippen LogP contribution in [0.4, 0.5) is 5.82 Å². The molecule has 1 aromatic carbocycles. The Hall–Kier alpha value is -1.68. The van der Waals surface area contributed by atoms with Crippen molar-refractivity contribution in [3.8, 4) is 0 Å². The minimum absolute atomic E-state index is 0.554. The van der Waals surface area contributed by atoms with Gasteiger partial charge in [0.1, 0.15) is 12.1 Å². The van der Waals surface area contributed by atoms with Crippen LogP contribution in [0.3, 0.4) is 0 Å². The molecule has 1 aliphatic heterocycles. The van der Waals surface area contributed by atoms with Gasteiger partial charge in [0.2, 0.25) is 0 Å². The summed E-state index contributed by atoms with van der Waals surface area (Å²) in [4.78, 5) is 10.9. The summed E-state index contributed by atoms with van der Waals surface area (Å²) in [5.41, 5.74) is 1.01. The van der Waals surface area contributed by atoms with Crippen molar-refractivity contribution in [3.05, 3.63) is 30.6 Å². The molecular formula is C12H14N4. The van der Waals surface area contributed by atoms with Crippen molar-refractivity contribution in [1.82, 2.24) is 15.3 Å². The van der Waals surface area contributed by atoms with Crippen molar-refractivity contribution in [3.63, 3.8) is 0 Å². The molecule has 4 nitrogen and oxygen atoms in total. The average molecular weight is 214 g/mol. The number of nitrogens with one attached hydrogen (secondary N) is 1. The summed E-state index contributed by atoms with van der Waals surface area (Å²) in [6.07, 6.45) is 1.64. The Morgan fingerprint density at radius 1 is 1.25 bits per heavy atom. The number of para-hydroxylation sites is 1. The van der Waals surface area contributed by atoms with Crippen molar-refractivity contribution in [2.24, 2.45) is 0 Å². The highest BCUT2D eigenvalue weighted by molar-refractivity contribution is 5.89. The smallest absolute Gasteiger partial charge is 0.139 e. The van der Waals surface area contributed by atoms with Gasteiger partial charge in [-0.3, -0.25) is 0 Å². The lowest BCUT2D eigenvalue weighted by Crippen LogP contribution is -2.56. The molecular weight excluding hydrogens is 200 g/mol. The van der Waals surface area contributed by atoms with Crippen LogP contribution < -0.4 is 10.2 Å². The Kier molecular flexibility index (Phi) is 2.22. The van der Waals surface area contributed by atoms with E-state index in [1.807, 2.05) is 18.2 Å². The molecule has 3 rings (SSSR count). The first-order valence-corrected chi connectivity index (χ1v) is 5.49. The molecule has 16 heavy (non-hydrogen) atoms. The van der Waals surface area contributed by atoms with Crippen LogP contribution in [0.5, 0.6) is 0 Å². The highest BCUT2D eigenvalue weighted by Crippen LogP contribution is 2.23. The number of fused-ring (bicyclic) bond motifs is 1. The maximum atomic E-state index is 4.40. The second-order valence-corrected chi connectivity index (χ2v) is 4.14. The van der Waals surface area contributed by atoms with E-state index in [9.17, 15) is 0 Å². The highest BCUT2D eigenvalue weighted by Gasteiger charge is 2.23.